The molecule has 2 heterocycles. The van der Waals surface area contributed by atoms with Crippen LogP contribution in [-0.2, 0) is 19.5 Å². The smallest absolute Gasteiger partial charge is 0.274 e. The third-order valence-electron chi connectivity index (χ3n) is 6.18. The fourth-order valence-electron chi connectivity index (χ4n) is 4.56. The highest BCUT2D eigenvalue weighted by Crippen LogP contribution is 2.32. The largest absolute Gasteiger partial charge is 0.338 e. The third-order valence-corrected chi connectivity index (χ3v) is 6.68. The minimum atomic E-state index is -0.535. The van der Waals surface area contributed by atoms with Gasteiger partial charge in [-0.2, -0.15) is 0 Å². The summed E-state index contributed by atoms with van der Waals surface area (Å²) in [6, 6.07) is 23.0. The molecule has 6 nitrogen and oxygen atoms in total. The summed E-state index contributed by atoms with van der Waals surface area (Å²) in [4.78, 5) is 26.8. The van der Waals surface area contributed by atoms with Crippen LogP contribution in [0.3, 0.4) is 0 Å². The zero-order valence-corrected chi connectivity index (χ0v) is 19.4. The van der Waals surface area contributed by atoms with E-state index in [9.17, 15) is 9.59 Å². The zero-order chi connectivity index (χ0) is 22.9. The Balaban J connectivity index is 1.50. The quantitative estimate of drug-likeness (QED) is 0.311. The molecule has 2 N–H and O–H groups in total. The van der Waals surface area contributed by atoms with Crippen LogP contribution in [0.1, 0.15) is 37.5 Å². The summed E-state index contributed by atoms with van der Waals surface area (Å²) in [7, 11) is 0. The van der Waals surface area contributed by atoms with Gasteiger partial charge in [-0.15, -0.1) is 0 Å². The number of carbonyl (C=O) groups is 2. The Morgan fingerprint density at radius 3 is 2.52 bits per heavy atom. The van der Waals surface area contributed by atoms with E-state index in [2.05, 4.69) is 32.6 Å². The number of nitrogens with one attached hydrogen (secondary N) is 1. The van der Waals surface area contributed by atoms with Crippen LogP contribution in [-0.4, -0.2) is 33.0 Å². The molecule has 0 spiro atoms. The molecule has 0 fully saturated rings. The van der Waals surface area contributed by atoms with Crippen LogP contribution in [0, 0.1) is 0 Å². The normalized spacial score (nSPS) is 13.1. The first-order valence-electron chi connectivity index (χ1n) is 10.7. The summed E-state index contributed by atoms with van der Waals surface area (Å²) < 4.78 is 3.16. The van der Waals surface area contributed by atoms with Gasteiger partial charge in [-0.25, -0.2) is 5.48 Å². The molecular formula is C26H22BrN3O3. The van der Waals surface area contributed by atoms with E-state index in [1.807, 2.05) is 53.4 Å². The lowest BCUT2D eigenvalue weighted by Gasteiger charge is -2.29. The molecule has 2 amide bonds. The summed E-state index contributed by atoms with van der Waals surface area (Å²) >= 11 is 3.46. The Kier molecular flexibility index (Phi) is 5.74. The van der Waals surface area contributed by atoms with E-state index >= 15 is 0 Å². The van der Waals surface area contributed by atoms with Crippen molar-refractivity contribution in [3.63, 3.8) is 0 Å². The molecule has 166 valence electrons. The second kappa shape index (κ2) is 8.84. The van der Waals surface area contributed by atoms with Gasteiger partial charge >= 0.3 is 0 Å². The van der Waals surface area contributed by atoms with Gasteiger partial charge in [-0.1, -0.05) is 52.3 Å². The van der Waals surface area contributed by atoms with Crippen molar-refractivity contribution in [1.29, 1.82) is 0 Å². The molecule has 1 aromatic heterocycles. The highest BCUT2D eigenvalue weighted by atomic mass is 79.9. The molecule has 7 heteroatoms. The molecule has 4 aromatic rings. The van der Waals surface area contributed by atoms with Gasteiger partial charge in [0.1, 0.15) is 0 Å². The van der Waals surface area contributed by atoms with Crippen molar-refractivity contribution in [1.82, 2.24) is 14.9 Å². The Morgan fingerprint density at radius 1 is 0.970 bits per heavy atom. The van der Waals surface area contributed by atoms with Crippen LogP contribution >= 0.6 is 15.9 Å². The molecule has 0 unspecified atom stereocenters. The van der Waals surface area contributed by atoms with Gasteiger partial charge in [-0.3, -0.25) is 14.8 Å². The topological polar surface area (TPSA) is 74.6 Å². The fraction of sp³-hybridized carbons (Fsp3) is 0.154. The molecule has 0 atom stereocenters. The maximum atomic E-state index is 13.2. The van der Waals surface area contributed by atoms with E-state index in [0.717, 1.165) is 27.7 Å². The maximum Gasteiger partial charge on any atom is 0.274 e. The van der Waals surface area contributed by atoms with E-state index in [-0.39, 0.29) is 5.91 Å². The minimum Gasteiger partial charge on any atom is -0.338 e. The predicted octanol–water partition coefficient (Wildman–Crippen LogP) is 4.77. The summed E-state index contributed by atoms with van der Waals surface area (Å²) in [5.41, 5.74) is 7.33. The molecule has 3 aromatic carbocycles. The Hall–Kier alpha value is -3.42. The number of fused-ring (bicyclic) bond motifs is 3. The molecule has 0 aliphatic carbocycles. The van der Waals surface area contributed by atoms with Crippen LogP contribution < -0.4 is 5.48 Å². The predicted molar refractivity (Wildman–Crippen MR) is 129 cm³/mol. The minimum absolute atomic E-state index is 0.0260. The van der Waals surface area contributed by atoms with Crippen molar-refractivity contribution >= 4 is 38.6 Å². The Bertz CT molecular complexity index is 1360. The second-order valence-electron chi connectivity index (χ2n) is 8.15. The summed E-state index contributed by atoms with van der Waals surface area (Å²) in [6.07, 6.45) is 0.804. The van der Waals surface area contributed by atoms with E-state index < -0.39 is 5.91 Å². The monoisotopic (exact) mass is 503 g/mol. The molecule has 0 saturated heterocycles. The Labute approximate surface area is 199 Å². The van der Waals surface area contributed by atoms with Crippen LogP contribution in [0.15, 0.2) is 77.3 Å². The van der Waals surface area contributed by atoms with Crippen molar-refractivity contribution in [2.24, 2.45) is 0 Å². The van der Waals surface area contributed by atoms with Crippen LogP contribution in [0.2, 0.25) is 0 Å². The first kappa shape index (κ1) is 21.4. The van der Waals surface area contributed by atoms with Crippen molar-refractivity contribution < 1.29 is 14.8 Å². The van der Waals surface area contributed by atoms with Crippen LogP contribution in [0.5, 0.6) is 0 Å². The van der Waals surface area contributed by atoms with Crippen molar-refractivity contribution in [2.75, 3.05) is 6.54 Å². The summed E-state index contributed by atoms with van der Waals surface area (Å²) in [6.45, 7) is 1.84. The van der Waals surface area contributed by atoms with E-state index in [1.165, 1.54) is 10.9 Å². The van der Waals surface area contributed by atoms with Crippen molar-refractivity contribution in [3.8, 4) is 0 Å². The number of benzene rings is 3. The van der Waals surface area contributed by atoms with E-state index in [1.54, 1.807) is 17.6 Å². The lowest BCUT2D eigenvalue weighted by atomic mass is 10.0. The number of hydrogen-bond donors (Lipinski definition) is 2. The average molecular weight is 504 g/mol. The Morgan fingerprint density at radius 2 is 1.76 bits per heavy atom. The van der Waals surface area contributed by atoms with Gasteiger partial charge in [0, 0.05) is 45.3 Å². The molecule has 1 aliphatic rings. The standard InChI is InChI=1S/C26H22BrN3O3/c27-20-5-3-4-19(14-20)26(32)29-13-12-22-21-6-1-2-7-23(21)30(24(22)16-29)15-17-8-10-18(11-9-17)25(31)28-33/h1-11,14,33H,12-13,15-16H2,(H,28,31). The van der Waals surface area contributed by atoms with Crippen molar-refractivity contribution in [2.45, 2.75) is 19.5 Å². The molecule has 0 radical (unpaired) electrons. The number of hydroxylamine groups is 1. The van der Waals surface area contributed by atoms with E-state index in [4.69, 9.17) is 5.21 Å². The van der Waals surface area contributed by atoms with Gasteiger partial charge in [-0.05, 0) is 53.9 Å². The third kappa shape index (κ3) is 4.05. The fourth-order valence-corrected chi connectivity index (χ4v) is 4.96. The average Bonchev–Trinajstić information content (AvgIpc) is 3.16. The SMILES string of the molecule is O=C(NO)c1ccc(Cn2c3c(c4ccccc42)CCN(C(=O)c2cccc(Br)c2)C3)cc1. The molecule has 1 aliphatic heterocycles. The van der Waals surface area contributed by atoms with E-state index in [0.29, 0.717) is 30.8 Å². The first-order valence-corrected chi connectivity index (χ1v) is 11.5. The summed E-state index contributed by atoms with van der Waals surface area (Å²) in [5, 5.41) is 10.1. The number of amides is 2. The second-order valence-corrected chi connectivity index (χ2v) is 9.07. The number of para-hydroxylation sites is 1. The first-order chi connectivity index (χ1) is 16.0. The number of nitrogens with zero attached hydrogens (tertiary/aromatic N) is 2. The molecule has 5 rings (SSSR count). The lowest BCUT2D eigenvalue weighted by Crippen LogP contribution is -2.36. The summed E-state index contributed by atoms with van der Waals surface area (Å²) in [5.74, 6) is -0.509. The lowest BCUT2D eigenvalue weighted by molar-refractivity contribution is 0.0705. The highest BCUT2D eigenvalue weighted by molar-refractivity contribution is 9.10. The van der Waals surface area contributed by atoms with Crippen molar-refractivity contribution in [3.05, 3.63) is 105 Å². The van der Waals surface area contributed by atoms with Crippen LogP contribution in [0.4, 0.5) is 0 Å². The molecule has 0 saturated carbocycles. The van der Waals surface area contributed by atoms with Crippen LogP contribution in [0.25, 0.3) is 10.9 Å². The molecular weight excluding hydrogens is 482 g/mol. The van der Waals surface area contributed by atoms with Gasteiger partial charge in [0.05, 0.1) is 6.54 Å². The van der Waals surface area contributed by atoms with Gasteiger partial charge in [0.2, 0.25) is 0 Å². The van der Waals surface area contributed by atoms with Gasteiger partial charge in [0.25, 0.3) is 11.8 Å². The zero-order valence-electron chi connectivity index (χ0n) is 17.8. The molecule has 0 bridgehead atoms. The number of halogens is 1. The van der Waals surface area contributed by atoms with Gasteiger partial charge < -0.3 is 9.47 Å². The number of hydrogen-bond acceptors (Lipinski definition) is 3. The molecule has 33 heavy (non-hydrogen) atoms. The maximum absolute atomic E-state index is 13.2. The number of aromatic nitrogens is 1. The highest BCUT2D eigenvalue weighted by Gasteiger charge is 2.27. The number of rotatable bonds is 4. The van der Waals surface area contributed by atoms with Gasteiger partial charge in [0.15, 0.2) is 0 Å². The number of carbonyl (C=O) groups excluding carboxylic acids is 2.